The molecule has 1 unspecified atom stereocenters. The van der Waals surface area contributed by atoms with Crippen LogP contribution >= 0.6 is 12.4 Å². The van der Waals surface area contributed by atoms with Crippen molar-refractivity contribution in [2.24, 2.45) is 5.73 Å². The van der Waals surface area contributed by atoms with Gasteiger partial charge in [0.05, 0.1) is 12.2 Å². The van der Waals surface area contributed by atoms with Gasteiger partial charge < -0.3 is 15.8 Å². The summed E-state index contributed by atoms with van der Waals surface area (Å²) in [7, 11) is 1.46. The first kappa shape index (κ1) is 22.7. The number of alkyl halides is 3. The van der Waals surface area contributed by atoms with Gasteiger partial charge in [0.25, 0.3) is 0 Å². The molecule has 0 heterocycles. The van der Waals surface area contributed by atoms with E-state index in [0.717, 1.165) is 38.2 Å². The van der Waals surface area contributed by atoms with Crippen molar-refractivity contribution >= 4 is 18.3 Å². The molecule has 148 valence electrons. The molecule has 8 heteroatoms. The molecule has 1 amide bonds. The lowest BCUT2D eigenvalue weighted by Crippen LogP contribution is -2.49. The van der Waals surface area contributed by atoms with E-state index in [0.29, 0.717) is 5.56 Å². The fourth-order valence-corrected chi connectivity index (χ4v) is 3.46. The van der Waals surface area contributed by atoms with E-state index < -0.39 is 23.2 Å². The van der Waals surface area contributed by atoms with Crippen LogP contribution in [0, 0.1) is 0 Å². The highest BCUT2D eigenvalue weighted by molar-refractivity contribution is 5.85. The topological polar surface area (TPSA) is 64.3 Å². The van der Waals surface area contributed by atoms with Crippen LogP contribution in [0.3, 0.4) is 0 Å². The molecule has 1 aliphatic rings. The second-order valence-corrected chi connectivity index (χ2v) is 6.70. The van der Waals surface area contributed by atoms with Crippen LogP contribution in [0.2, 0.25) is 0 Å². The highest BCUT2D eigenvalue weighted by Gasteiger charge is 2.37. The van der Waals surface area contributed by atoms with Crippen LogP contribution in [0.1, 0.15) is 43.2 Å². The summed E-state index contributed by atoms with van der Waals surface area (Å²) >= 11 is 0. The van der Waals surface area contributed by atoms with Gasteiger partial charge in [-0.3, -0.25) is 4.79 Å². The molecule has 0 spiro atoms. The number of rotatable bonds is 6. The number of carbonyl (C=O) groups is 1. The second-order valence-electron chi connectivity index (χ2n) is 6.70. The molecule has 0 aromatic heterocycles. The third-order valence-electron chi connectivity index (χ3n) is 4.90. The average molecular weight is 395 g/mol. The summed E-state index contributed by atoms with van der Waals surface area (Å²) in [5, 5.41) is 2.81. The van der Waals surface area contributed by atoms with Crippen molar-refractivity contribution < 1.29 is 22.7 Å². The van der Waals surface area contributed by atoms with Gasteiger partial charge in [0.1, 0.15) is 6.04 Å². The summed E-state index contributed by atoms with van der Waals surface area (Å²) in [4.78, 5) is 12.1. The van der Waals surface area contributed by atoms with Gasteiger partial charge in [-0.2, -0.15) is 13.2 Å². The van der Waals surface area contributed by atoms with E-state index in [-0.39, 0.29) is 31.5 Å². The molecule has 1 fully saturated rings. The molecule has 0 saturated heterocycles. The Bertz CT molecular complexity index is 590. The maximum Gasteiger partial charge on any atom is 0.416 e. The zero-order chi connectivity index (χ0) is 18.5. The van der Waals surface area contributed by atoms with Crippen molar-refractivity contribution in [1.29, 1.82) is 0 Å². The summed E-state index contributed by atoms with van der Waals surface area (Å²) in [6, 6.07) is 4.67. The maximum atomic E-state index is 13.1. The molecular weight excluding hydrogens is 369 g/mol. The van der Waals surface area contributed by atoms with E-state index in [2.05, 4.69) is 5.32 Å². The quantitative estimate of drug-likeness (QED) is 0.777. The average Bonchev–Trinajstić information content (AvgIpc) is 2.60. The van der Waals surface area contributed by atoms with Crippen molar-refractivity contribution in [3.8, 4) is 0 Å². The lowest BCUT2D eigenvalue weighted by Gasteiger charge is -2.38. The molecule has 0 radical (unpaired) electrons. The lowest BCUT2D eigenvalue weighted by atomic mass is 9.69. The van der Waals surface area contributed by atoms with Crippen molar-refractivity contribution in [2.45, 2.75) is 49.7 Å². The Kier molecular flexibility index (Phi) is 8.37. The number of hydrogen-bond acceptors (Lipinski definition) is 3. The molecule has 2 rings (SSSR count). The summed E-state index contributed by atoms with van der Waals surface area (Å²) in [6.45, 7) is 0.382. The van der Waals surface area contributed by atoms with Crippen LogP contribution in [-0.4, -0.2) is 32.2 Å². The molecule has 4 nitrogen and oxygen atoms in total. The van der Waals surface area contributed by atoms with Crippen LogP contribution in [0.15, 0.2) is 24.3 Å². The molecule has 0 bridgehead atoms. The van der Waals surface area contributed by atoms with Gasteiger partial charge in [0.2, 0.25) is 5.91 Å². The molecule has 1 aliphatic carbocycles. The van der Waals surface area contributed by atoms with Crippen LogP contribution in [0.25, 0.3) is 0 Å². The molecule has 1 saturated carbocycles. The molecule has 1 atom stereocenters. The molecule has 0 aliphatic heterocycles. The normalized spacial score (nSPS) is 17.9. The first-order valence-electron chi connectivity index (χ1n) is 8.48. The molecule has 1 aromatic carbocycles. The third kappa shape index (κ3) is 5.59. The first-order chi connectivity index (χ1) is 11.8. The van der Waals surface area contributed by atoms with Crippen molar-refractivity contribution in [3.63, 3.8) is 0 Å². The summed E-state index contributed by atoms with van der Waals surface area (Å²) in [5.41, 5.74) is 5.21. The van der Waals surface area contributed by atoms with Gasteiger partial charge >= 0.3 is 6.18 Å². The Hall–Kier alpha value is -1.31. The Morgan fingerprint density at radius 1 is 1.31 bits per heavy atom. The third-order valence-corrected chi connectivity index (χ3v) is 4.90. The van der Waals surface area contributed by atoms with Crippen LogP contribution in [0.4, 0.5) is 13.2 Å². The van der Waals surface area contributed by atoms with Crippen LogP contribution < -0.4 is 11.1 Å². The Morgan fingerprint density at radius 3 is 2.54 bits per heavy atom. The van der Waals surface area contributed by atoms with E-state index in [9.17, 15) is 18.0 Å². The Morgan fingerprint density at radius 2 is 1.96 bits per heavy atom. The van der Waals surface area contributed by atoms with Crippen molar-refractivity contribution in [1.82, 2.24) is 5.32 Å². The summed E-state index contributed by atoms with van der Waals surface area (Å²) in [5.74, 6) is -0.348. The minimum Gasteiger partial charge on any atom is -0.383 e. The predicted molar refractivity (Wildman–Crippen MR) is 96.3 cm³/mol. The lowest BCUT2D eigenvalue weighted by molar-refractivity contribution is -0.137. The van der Waals surface area contributed by atoms with Crippen LogP contribution in [-0.2, 0) is 21.1 Å². The van der Waals surface area contributed by atoms with E-state index in [1.165, 1.54) is 19.2 Å². The largest absolute Gasteiger partial charge is 0.416 e. The molecule has 1 aromatic rings. The van der Waals surface area contributed by atoms with E-state index in [1.807, 2.05) is 0 Å². The molecular formula is C18H26ClF3N2O2. The fraction of sp³-hybridized carbons (Fsp3) is 0.611. The zero-order valence-corrected chi connectivity index (χ0v) is 15.6. The summed E-state index contributed by atoms with van der Waals surface area (Å²) < 4.78 is 44.1. The van der Waals surface area contributed by atoms with Crippen LogP contribution in [0.5, 0.6) is 0 Å². The summed E-state index contributed by atoms with van der Waals surface area (Å²) in [6.07, 6.45) is 0.0163. The van der Waals surface area contributed by atoms with E-state index in [1.54, 1.807) is 6.07 Å². The number of halogens is 4. The Labute approximate surface area is 158 Å². The number of nitrogens with two attached hydrogens (primary N) is 1. The van der Waals surface area contributed by atoms with Gasteiger partial charge in [-0.05, 0) is 24.5 Å². The first-order valence-corrected chi connectivity index (χ1v) is 8.48. The number of hydrogen-bond donors (Lipinski definition) is 2. The highest BCUT2D eigenvalue weighted by Crippen LogP contribution is 2.41. The SMILES string of the molecule is COCC(N)C(=O)NCC1(c2cccc(C(F)(F)F)c2)CCCCC1.Cl. The number of benzene rings is 1. The number of ether oxygens (including phenoxy) is 1. The highest BCUT2D eigenvalue weighted by atomic mass is 35.5. The molecule has 26 heavy (non-hydrogen) atoms. The monoisotopic (exact) mass is 394 g/mol. The van der Waals surface area contributed by atoms with Gasteiger partial charge in [-0.1, -0.05) is 37.5 Å². The number of methoxy groups -OCH3 is 1. The molecule has 3 N–H and O–H groups in total. The standard InChI is InChI=1S/C18H25F3N2O2.ClH/c1-25-11-15(22)16(24)23-12-17(8-3-2-4-9-17)13-6-5-7-14(10-13)18(19,20)21;/h5-7,10,15H,2-4,8-9,11-12,22H2,1H3,(H,23,24);1H. The predicted octanol–water partition coefficient (Wildman–Crippen LogP) is 3.42. The smallest absolute Gasteiger partial charge is 0.383 e. The Balaban J connectivity index is 0.00000338. The maximum absolute atomic E-state index is 13.1. The number of amides is 1. The number of nitrogens with one attached hydrogen (secondary N) is 1. The minimum atomic E-state index is -4.38. The zero-order valence-electron chi connectivity index (χ0n) is 14.8. The van der Waals surface area contributed by atoms with Crippen molar-refractivity contribution in [2.75, 3.05) is 20.3 Å². The van der Waals surface area contributed by atoms with Gasteiger partial charge in [-0.15, -0.1) is 12.4 Å². The van der Waals surface area contributed by atoms with E-state index >= 15 is 0 Å². The van der Waals surface area contributed by atoms with Crippen molar-refractivity contribution in [3.05, 3.63) is 35.4 Å². The van der Waals surface area contributed by atoms with E-state index in [4.69, 9.17) is 10.5 Å². The fourth-order valence-electron chi connectivity index (χ4n) is 3.46. The second kappa shape index (κ2) is 9.58. The minimum absolute atomic E-state index is 0. The van der Waals surface area contributed by atoms with Gasteiger partial charge in [0, 0.05) is 19.1 Å². The van der Waals surface area contributed by atoms with Gasteiger partial charge in [0.15, 0.2) is 0 Å². The number of carbonyl (C=O) groups excluding carboxylic acids is 1. The van der Waals surface area contributed by atoms with Gasteiger partial charge in [-0.25, -0.2) is 0 Å².